The van der Waals surface area contributed by atoms with Crippen molar-refractivity contribution < 1.29 is 14.7 Å². The highest BCUT2D eigenvalue weighted by molar-refractivity contribution is 5.87. The van der Waals surface area contributed by atoms with E-state index in [1.54, 1.807) is 18.2 Å². The highest BCUT2D eigenvalue weighted by atomic mass is 16.4. The highest BCUT2D eigenvalue weighted by Crippen LogP contribution is 2.09. The molecular weight excluding hydrogens is 220 g/mol. The van der Waals surface area contributed by atoms with Crippen LogP contribution in [0.4, 0.5) is 0 Å². The van der Waals surface area contributed by atoms with Crippen molar-refractivity contribution in [2.24, 2.45) is 0 Å². The van der Waals surface area contributed by atoms with E-state index in [4.69, 9.17) is 5.11 Å². The first-order chi connectivity index (χ1) is 8.15. The number of rotatable bonds is 3. The maximum atomic E-state index is 11.2. The first-order valence-electron chi connectivity index (χ1n) is 5.46. The van der Waals surface area contributed by atoms with Crippen LogP contribution < -0.4 is 5.32 Å². The van der Waals surface area contributed by atoms with Gasteiger partial charge in [0.25, 0.3) is 0 Å². The molecule has 17 heavy (non-hydrogen) atoms. The van der Waals surface area contributed by atoms with E-state index < -0.39 is 5.97 Å². The Kier molecular flexibility index (Phi) is 3.39. The molecule has 0 aromatic heterocycles. The van der Waals surface area contributed by atoms with Gasteiger partial charge in [-0.3, -0.25) is 9.69 Å². The summed E-state index contributed by atoms with van der Waals surface area (Å²) < 4.78 is 0. The van der Waals surface area contributed by atoms with Crippen molar-refractivity contribution in [3.8, 4) is 0 Å². The number of nitrogens with one attached hydrogen (secondary N) is 1. The average Bonchev–Trinajstić information content (AvgIpc) is 2.29. The second-order valence-corrected chi connectivity index (χ2v) is 4.07. The van der Waals surface area contributed by atoms with Gasteiger partial charge in [-0.1, -0.05) is 12.1 Å². The van der Waals surface area contributed by atoms with Gasteiger partial charge in [0.1, 0.15) is 0 Å². The first kappa shape index (κ1) is 11.6. The number of hydrogen-bond donors (Lipinski definition) is 2. The van der Waals surface area contributed by atoms with Crippen LogP contribution in [0.25, 0.3) is 0 Å². The third-order valence-corrected chi connectivity index (χ3v) is 2.70. The number of nitrogens with zero attached hydrogens (tertiary/aromatic N) is 1. The van der Waals surface area contributed by atoms with E-state index in [0.717, 1.165) is 12.1 Å². The van der Waals surface area contributed by atoms with Crippen LogP contribution in [0.2, 0.25) is 0 Å². The van der Waals surface area contributed by atoms with Crippen LogP contribution in [0.15, 0.2) is 24.3 Å². The van der Waals surface area contributed by atoms with Crippen LogP contribution in [0.5, 0.6) is 0 Å². The fourth-order valence-corrected chi connectivity index (χ4v) is 1.89. The monoisotopic (exact) mass is 234 g/mol. The van der Waals surface area contributed by atoms with Gasteiger partial charge < -0.3 is 10.4 Å². The Labute approximate surface area is 99.0 Å². The number of carbonyl (C=O) groups excluding carboxylic acids is 1. The molecule has 1 aliphatic heterocycles. The zero-order chi connectivity index (χ0) is 12.3. The SMILES string of the molecule is O=C1CN(Cc2cccc(C(=O)O)c2)CCN1. The fraction of sp³-hybridized carbons (Fsp3) is 0.333. The van der Waals surface area contributed by atoms with Crippen molar-refractivity contribution in [2.45, 2.75) is 6.54 Å². The molecule has 1 heterocycles. The normalized spacial score (nSPS) is 16.6. The van der Waals surface area contributed by atoms with Gasteiger partial charge >= 0.3 is 5.97 Å². The van der Waals surface area contributed by atoms with Crippen molar-refractivity contribution in [1.82, 2.24) is 10.2 Å². The number of benzene rings is 1. The first-order valence-corrected chi connectivity index (χ1v) is 5.46. The summed E-state index contributed by atoms with van der Waals surface area (Å²) in [4.78, 5) is 24.0. The van der Waals surface area contributed by atoms with Crippen molar-refractivity contribution >= 4 is 11.9 Å². The van der Waals surface area contributed by atoms with Gasteiger partial charge in [0.05, 0.1) is 12.1 Å². The molecule has 0 saturated carbocycles. The molecule has 2 rings (SSSR count). The summed E-state index contributed by atoms with van der Waals surface area (Å²) in [6.45, 7) is 2.42. The summed E-state index contributed by atoms with van der Waals surface area (Å²) in [5.41, 5.74) is 1.20. The Hall–Kier alpha value is -1.88. The average molecular weight is 234 g/mol. The summed E-state index contributed by atoms with van der Waals surface area (Å²) in [5, 5.41) is 11.6. The fourth-order valence-electron chi connectivity index (χ4n) is 1.89. The van der Waals surface area contributed by atoms with Crippen LogP contribution in [-0.4, -0.2) is 41.5 Å². The van der Waals surface area contributed by atoms with Gasteiger partial charge in [-0.2, -0.15) is 0 Å². The number of carboxylic acids is 1. The number of amides is 1. The summed E-state index contributed by atoms with van der Waals surface area (Å²) in [5.74, 6) is -0.908. The topological polar surface area (TPSA) is 69.6 Å². The molecule has 2 N–H and O–H groups in total. The zero-order valence-corrected chi connectivity index (χ0v) is 9.35. The number of aromatic carboxylic acids is 1. The minimum Gasteiger partial charge on any atom is -0.478 e. The molecule has 1 aromatic carbocycles. The van der Waals surface area contributed by atoms with Crippen molar-refractivity contribution in [1.29, 1.82) is 0 Å². The second kappa shape index (κ2) is 4.97. The molecule has 0 aliphatic carbocycles. The maximum absolute atomic E-state index is 11.2. The molecule has 0 radical (unpaired) electrons. The molecule has 1 aliphatic rings. The molecule has 1 aromatic rings. The Morgan fingerprint density at radius 1 is 1.47 bits per heavy atom. The third kappa shape index (κ3) is 3.04. The van der Waals surface area contributed by atoms with Crippen LogP contribution in [0.3, 0.4) is 0 Å². The largest absolute Gasteiger partial charge is 0.478 e. The van der Waals surface area contributed by atoms with E-state index >= 15 is 0 Å². The number of carboxylic acid groups (broad SMARTS) is 1. The molecule has 0 spiro atoms. The lowest BCUT2D eigenvalue weighted by molar-refractivity contribution is -0.124. The predicted molar refractivity (Wildman–Crippen MR) is 61.7 cm³/mol. The van der Waals surface area contributed by atoms with Crippen LogP contribution in [0.1, 0.15) is 15.9 Å². The Bertz CT molecular complexity index is 445. The standard InChI is InChI=1S/C12H14N2O3/c15-11-8-14(5-4-13-11)7-9-2-1-3-10(6-9)12(16)17/h1-3,6H,4-5,7-8H2,(H,13,15)(H,16,17). The van der Waals surface area contributed by atoms with Crippen LogP contribution in [0, 0.1) is 0 Å². The molecule has 5 heteroatoms. The van der Waals surface area contributed by atoms with Gasteiger partial charge in [-0.15, -0.1) is 0 Å². The second-order valence-electron chi connectivity index (χ2n) is 4.07. The van der Waals surface area contributed by atoms with Crippen molar-refractivity contribution in [2.75, 3.05) is 19.6 Å². The molecule has 1 fully saturated rings. The lowest BCUT2D eigenvalue weighted by atomic mass is 10.1. The van der Waals surface area contributed by atoms with Gasteiger partial charge in [0.2, 0.25) is 5.91 Å². The third-order valence-electron chi connectivity index (χ3n) is 2.70. The van der Waals surface area contributed by atoms with Crippen molar-refractivity contribution in [3.63, 3.8) is 0 Å². The lowest BCUT2D eigenvalue weighted by Gasteiger charge is -2.26. The molecule has 0 atom stereocenters. The van der Waals surface area contributed by atoms with E-state index in [1.807, 2.05) is 11.0 Å². The molecule has 0 bridgehead atoms. The van der Waals surface area contributed by atoms with Crippen molar-refractivity contribution in [3.05, 3.63) is 35.4 Å². The number of piperazine rings is 1. The summed E-state index contributed by atoms with van der Waals surface area (Å²) in [6, 6.07) is 6.81. The summed E-state index contributed by atoms with van der Waals surface area (Å²) in [7, 11) is 0. The Morgan fingerprint density at radius 2 is 2.29 bits per heavy atom. The zero-order valence-electron chi connectivity index (χ0n) is 9.35. The Morgan fingerprint density at radius 3 is 3.00 bits per heavy atom. The van der Waals surface area contributed by atoms with Crippen LogP contribution in [-0.2, 0) is 11.3 Å². The van der Waals surface area contributed by atoms with E-state index in [2.05, 4.69) is 5.32 Å². The smallest absolute Gasteiger partial charge is 0.335 e. The van der Waals surface area contributed by atoms with E-state index in [0.29, 0.717) is 19.6 Å². The molecule has 90 valence electrons. The number of carbonyl (C=O) groups is 2. The molecule has 1 amide bonds. The summed E-state index contributed by atoms with van der Waals surface area (Å²) >= 11 is 0. The van der Waals surface area contributed by atoms with Gasteiger partial charge in [-0.05, 0) is 17.7 Å². The molecule has 1 saturated heterocycles. The lowest BCUT2D eigenvalue weighted by Crippen LogP contribution is -2.47. The number of hydrogen-bond acceptors (Lipinski definition) is 3. The predicted octanol–water partition coefficient (Wildman–Crippen LogP) is 0.317. The minimum atomic E-state index is -0.928. The van der Waals surface area contributed by atoms with E-state index in [-0.39, 0.29) is 11.5 Å². The quantitative estimate of drug-likeness (QED) is 0.790. The minimum absolute atomic E-state index is 0.0191. The van der Waals surface area contributed by atoms with Gasteiger partial charge in [0.15, 0.2) is 0 Å². The summed E-state index contributed by atoms with van der Waals surface area (Å²) in [6.07, 6.45) is 0. The van der Waals surface area contributed by atoms with E-state index in [9.17, 15) is 9.59 Å². The van der Waals surface area contributed by atoms with E-state index in [1.165, 1.54) is 0 Å². The van der Waals surface area contributed by atoms with Crippen LogP contribution >= 0.6 is 0 Å². The highest BCUT2D eigenvalue weighted by Gasteiger charge is 2.16. The molecule has 0 unspecified atom stereocenters. The Balaban J connectivity index is 2.05. The molecular formula is C12H14N2O3. The maximum Gasteiger partial charge on any atom is 0.335 e. The van der Waals surface area contributed by atoms with Gasteiger partial charge in [0, 0.05) is 19.6 Å². The van der Waals surface area contributed by atoms with Gasteiger partial charge in [-0.25, -0.2) is 4.79 Å². The molecule has 5 nitrogen and oxygen atoms in total.